The van der Waals surface area contributed by atoms with Crippen molar-refractivity contribution in [1.82, 2.24) is 9.55 Å². The fourth-order valence-corrected chi connectivity index (χ4v) is 3.07. The number of benzene rings is 2. The van der Waals surface area contributed by atoms with Gasteiger partial charge >= 0.3 is 0 Å². The van der Waals surface area contributed by atoms with Crippen LogP contribution in [-0.4, -0.2) is 14.7 Å². The van der Waals surface area contributed by atoms with E-state index >= 15 is 0 Å². The molecule has 0 spiro atoms. The van der Waals surface area contributed by atoms with Gasteiger partial charge in [0.2, 0.25) is 5.88 Å². The Bertz CT molecular complexity index is 1110. The van der Waals surface area contributed by atoms with Gasteiger partial charge in [0.05, 0.1) is 11.9 Å². The van der Waals surface area contributed by atoms with Gasteiger partial charge in [-0.15, -0.1) is 0 Å². The summed E-state index contributed by atoms with van der Waals surface area (Å²) in [4.78, 5) is 7.11. The van der Waals surface area contributed by atoms with Crippen molar-refractivity contribution in [2.75, 3.05) is 0 Å². The molecule has 0 saturated carbocycles. The Morgan fingerprint density at radius 3 is 2.83 bits per heavy atom. The molecule has 2 N–H and O–H groups in total. The molecule has 1 aromatic heterocycles. The molecule has 0 bridgehead atoms. The Morgan fingerprint density at radius 2 is 2.00 bits per heavy atom. The van der Waals surface area contributed by atoms with Gasteiger partial charge in [0, 0.05) is 11.8 Å². The molecule has 118 valence electrons. The van der Waals surface area contributed by atoms with Crippen molar-refractivity contribution in [3.05, 3.63) is 86.9 Å². The van der Waals surface area contributed by atoms with Crippen LogP contribution >= 0.6 is 12.2 Å². The smallest absolute Gasteiger partial charge is 0.215 e. The minimum Gasteiger partial charge on any atom is -0.493 e. The van der Waals surface area contributed by atoms with Crippen molar-refractivity contribution >= 4 is 24.4 Å². The zero-order chi connectivity index (χ0) is 16.5. The van der Waals surface area contributed by atoms with Gasteiger partial charge in [-0.2, -0.15) is 0 Å². The van der Waals surface area contributed by atoms with E-state index in [2.05, 4.69) is 9.98 Å². The van der Waals surface area contributed by atoms with Gasteiger partial charge in [-0.3, -0.25) is 4.99 Å². The van der Waals surface area contributed by atoms with Crippen LogP contribution in [0.1, 0.15) is 16.8 Å². The van der Waals surface area contributed by atoms with Crippen LogP contribution in [0.4, 0.5) is 0 Å². The molecule has 1 aliphatic heterocycles. The first-order valence-electron chi connectivity index (χ1n) is 7.62. The fourth-order valence-electron chi connectivity index (χ4n) is 2.81. The maximum Gasteiger partial charge on any atom is 0.215 e. The predicted octanol–water partition coefficient (Wildman–Crippen LogP) is 2.73. The van der Waals surface area contributed by atoms with Gasteiger partial charge in [-0.1, -0.05) is 36.4 Å². The lowest BCUT2D eigenvalue weighted by molar-refractivity contribution is 0.454. The Kier molecular flexibility index (Phi) is 3.63. The number of aromatic nitrogens is 2. The highest BCUT2D eigenvalue weighted by Crippen LogP contribution is 2.18. The minimum absolute atomic E-state index is 0.0802. The average Bonchev–Trinajstić information content (AvgIpc) is 3.15. The molecule has 4 rings (SSSR count). The van der Waals surface area contributed by atoms with Crippen molar-refractivity contribution in [3.8, 4) is 5.88 Å². The molecule has 24 heavy (non-hydrogen) atoms. The number of aromatic hydroxyl groups is 1. The molecular formula is C19H15N3OS. The highest BCUT2D eigenvalue weighted by atomic mass is 32.1. The first-order chi connectivity index (χ1) is 11.7. The summed E-state index contributed by atoms with van der Waals surface area (Å²) in [6, 6.07) is 16.0. The highest BCUT2D eigenvalue weighted by molar-refractivity contribution is 7.71. The van der Waals surface area contributed by atoms with Gasteiger partial charge < -0.3 is 14.7 Å². The van der Waals surface area contributed by atoms with E-state index in [0.29, 0.717) is 17.0 Å². The number of hydrogen-bond acceptors (Lipinski definition) is 3. The standard InChI is InChI=1S/C19H15N3OS/c23-18-17(11-14-6-7-16-15(10-14)8-9-20-16)22(19(24)21-18)12-13-4-2-1-3-5-13/h1-11,23H,12H2,(H,21,24)/b14-11+. The molecule has 4 nitrogen and oxygen atoms in total. The molecule has 0 amide bonds. The molecule has 0 atom stereocenters. The Hall–Kier alpha value is -2.92. The summed E-state index contributed by atoms with van der Waals surface area (Å²) in [5.41, 5.74) is 2.87. The van der Waals surface area contributed by atoms with Crippen LogP contribution in [-0.2, 0) is 6.54 Å². The minimum atomic E-state index is 0.0802. The number of nitrogens with one attached hydrogen (secondary N) is 1. The number of H-pyrrole nitrogens is 1. The number of aromatic amines is 1. The quantitative estimate of drug-likeness (QED) is 0.724. The van der Waals surface area contributed by atoms with Crippen molar-refractivity contribution in [1.29, 1.82) is 0 Å². The zero-order valence-corrected chi connectivity index (χ0v) is 13.6. The molecule has 0 saturated heterocycles. The summed E-state index contributed by atoms with van der Waals surface area (Å²) >= 11 is 5.36. The van der Waals surface area contributed by atoms with Gasteiger partial charge in [-0.05, 0) is 47.3 Å². The van der Waals surface area contributed by atoms with Crippen LogP contribution < -0.4 is 10.6 Å². The second-order valence-corrected chi connectivity index (χ2v) is 6.03. The molecule has 0 unspecified atom stereocenters. The molecule has 3 aromatic rings. The largest absolute Gasteiger partial charge is 0.493 e. The Morgan fingerprint density at radius 1 is 1.17 bits per heavy atom. The van der Waals surface area contributed by atoms with Crippen molar-refractivity contribution < 1.29 is 5.11 Å². The van der Waals surface area contributed by atoms with E-state index < -0.39 is 0 Å². The van der Waals surface area contributed by atoms with Crippen LogP contribution in [0.5, 0.6) is 5.88 Å². The maximum absolute atomic E-state index is 10.2. The van der Waals surface area contributed by atoms with E-state index in [9.17, 15) is 5.11 Å². The van der Waals surface area contributed by atoms with Crippen molar-refractivity contribution in [2.24, 2.45) is 4.99 Å². The second kappa shape index (κ2) is 5.94. The fraction of sp³-hybridized carbons (Fsp3) is 0.0526. The van der Waals surface area contributed by atoms with E-state index in [1.165, 1.54) is 0 Å². The van der Waals surface area contributed by atoms with Crippen LogP contribution in [0.15, 0.2) is 59.7 Å². The van der Waals surface area contributed by atoms with Crippen molar-refractivity contribution in [2.45, 2.75) is 6.54 Å². The molecule has 0 aliphatic carbocycles. The average molecular weight is 333 g/mol. The third kappa shape index (κ3) is 2.70. The summed E-state index contributed by atoms with van der Waals surface area (Å²) in [5.74, 6) is 0.0802. The van der Waals surface area contributed by atoms with E-state index in [0.717, 1.165) is 21.7 Å². The predicted molar refractivity (Wildman–Crippen MR) is 96.6 cm³/mol. The number of imidazole rings is 1. The van der Waals surface area contributed by atoms with E-state index in [1.807, 2.05) is 65.3 Å². The van der Waals surface area contributed by atoms with E-state index in [-0.39, 0.29) is 5.88 Å². The Labute approximate surface area is 143 Å². The third-order valence-electron chi connectivity index (χ3n) is 4.01. The lowest BCUT2D eigenvalue weighted by Crippen LogP contribution is -2.11. The van der Waals surface area contributed by atoms with Crippen LogP contribution in [0.2, 0.25) is 0 Å². The number of rotatable bonds is 3. The molecular weight excluding hydrogens is 318 g/mol. The first-order valence-corrected chi connectivity index (χ1v) is 8.03. The van der Waals surface area contributed by atoms with E-state index in [1.54, 1.807) is 6.20 Å². The molecule has 0 fully saturated rings. The monoisotopic (exact) mass is 333 g/mol. The number of hydrogen-bond donors (Lipinski definition) is 2. The van der Waals surface area contributed by atoms with Gasteiger partial charge in [0.25, 0.3) is 0 Å². The molecule has 1 aliphatic rings. The van der Waals surface area contributed by atoms with Crippen LogP contribution in [0, 0.1) is 4.77 Å². The van der Waals surface area contributed by atoms with Crippen LogP contribution in [0.3, 0.4) is 0 Å². The third-order valence-corrected chi connectivity index (χ3v) is 4.33. The SMILES string of the molecule is Oc1[nH]c(=S)n(Cc2ccccc2)c1/C=c1\ccc2c(c1)C=CN=2. The summed E-state index contributed by atoms with van der Waals surface area (Å²) in [7, 11) is 0. The number of fused-ring (bicyclic) bond motifs is 1. The summed E-state index contributed by atoms with van der Waals surface area (Å²) < 4.78 is 2.40. The topological polar surface area (TPSA) is 53.3 Å². The van der Waals surface area contributed by atoms with Gasteiger partial charge in [0.1, 0.15) is 5.69 Å². The molecule has 5 heteroatoms. The van der Waals surface area contributed by atoms with Gasteiger partial charge in [-0.25, -0.2) is 0 Å². The summed E-state index contributed by atoms with van der Waals surface area (Å²) in [6.45, 7) is 0.600. The molecule has 2 aromatic carbocycles. The van der Waals surface area contributed by atoms with Crippen LogP contribution in [0.25, 0.3) is 12.2 Å². The normalized spacial score (nSPS) is 13.1. The molecule has 2 heterocycles. The first kappa shape index (κ1) is 14.7. The Balaban J connectivity index is 1.81. The highest BCUT2D eigenvalue weighted by Gasteiger charge is 2.09. The zero-order valence-electron chi connectivity index (χ0n) is 12.8. The van der Waals surface area contributed by atoms with Crippen molar-refractivity contribution in [3.63, 3.8) is 0 Å². The number of nitrogens with zero attached hydrogens (tertiary/aromatic N) is 2. The van der Waals surface area contributed by atoms with Gasteiger partial charge in [0.15, 0.2) is 4.77 Å². The summed E-state index contributed by atoms with van der Waals surface area (Å²) in [6.07, 6.45) is 5.69. The summed E-state index contributed by atoms with van der Waals surface area (Å²) in [5, 5.41) is 12.2. The maximum atomic E-state index is 10.2. The lowest BCUT2D eigenvalue weighted by Gasteiger charge is -2.06. The van der Waals surface area contributed by atoms with E-state index in [4.69, 9.17) is 12.2 Å². The second-order valence-electron chi connectivity index (χ2n) is 5.64. The lowest BCUT2D eigenvalue weighted by atomic mass is 10.1. The molecule has 0 radical (unpaired) electrons.